The summed E-state index contributed by atoms with van der Waals surface area (Å²) in [5, 5.41) is 3.31. The number of anilines is 1. The van der Waals surface area contributed by atoms with Crippen molar-refractivity contribution in [1.29, 1.82) is 0 Å². The van der Waals surface area contributed by atoms with Gasteiger partial charge in [-0.3, -0.25) is 13.9 Å². The normalized spacial score (nSPS) is 12.0. The summed E-state index contributed by atoms with van der Waals surface area (Å²) >= 11 is 6.44. The van der Waals surface area contributed by atoms with Gasteiger partial charge in [0.1, 0.15) is 12.6 Å². The lowest BCUT2D eigenvalue weighted by Gasteiger charge is -2.33. The van der Waals surface area contributed by atoms with Crippen molar-refractivity contribution < 1.29 is 27.5 Å². The molecule has 1 unspecified atom stereocenters. The zero-order chi connectivity index (χ0) is 31.0. The Morgan fingerprint density at radius 2 is 1.60 bits per heavy atom. The van der Waals surface area contributed by atoms with E-state index in [1.165, 1.54) is 37.3 Å². The van der Waals surface area contributed by atoms with Gasteiger partial charge in [-0.2, -0.15) is 0 Å². The highest BCUT2D eigenvalue weighted by Gasteiger charge is 2.34. The van der Waals surface area contributed by atoms with E-state index in [1.807, 2.05) is 20.8 Å². The van der Waals surface area contributed by atoms with Gasteiger partial charge in [-0.1, -0.05) is 54.4 Å². The van der Waals surface area contributed by atoms with Gasteiger partial charge < -0.3 is 19.7 Å². The minimum absolute atomic E-state index is 0.0146. The molecule has 3 rings (SSSR count). The molecule has 226 valence electrons. The maximum Gasteiger partial charge on any atom is 0.264 e. The number of amides is 2. The van der Waals surface area contributed by atoms with E-state index in [9.17, 15) is 18.0 Å². The Balaban J connectivity index is 2.11. The van der Waals surface area contributed by atoms with Gasteiger partial charge in [0.15, 0.2) is 11.5 Å². The maximum absolute atomic E-state index is 14.2. The average molecular weight is 616 g/mol. The van der Waals surface area contributed by atoms with Gasteiger partial charge >= 0.3 is 0 Å². The van der Waals surface area contributed by atoms with E-state index < -0.39 is 28.5 Å². The average Bonchev–Trinajstić information content (AvgIpc) is 2.96. The van der Waals surface area contributed by atoms with Crippen LogP contribution in [-0.2, 0) is 26.2 Å². The number of methoxy groups -OCH3 is 2. The summed E-state index contributed by atoms with van der Waals surface area (Å²) in [5.74, 6) is -0.310. The quantitative estimate of drug-likeness (QED) is 0.284. The molecule has 0 fully saturated rings. The molecule has 0 aliphatic carbocycles. The Morgan fingerprint density at radius 1 is 0.952 bits per heavy atom. The molecule has 3 aromatic rings. The van der Waals surface area contributed by atoms with Crippen molar-refractivity contribution in [2.75, 3.05) is 25.1 Å². The fraction of sp³-hybridized carbons (Fsp3) is 0.355. The largest absolute Gasteiger partial charge is 0.493 e. The van der Waals surface area contributed by atoms with Gasteiger partial charge in [0, 0.05) is 23.7 Å². The number of halogens is 1. The Morgan fingerprint density at radius 3 is 2.17 bits per heavy atom. The summed E-state index contributed by atoms with van der Waals surface area (Å²) < 4.78 is 39.9. The van der Waals surface area contributed by atoms with Crippen molar-refractivity contribution in [3.8, 4) is 11.5 Å². The van der Waals surface area contributed by atoms with Crippen LogP contribution in [0.1, 0.15) is 38.3 Å². The molecule has 0 aliphatic rings. The number of ether oxygens (including phenoxy) is 2. The first-order valence-electron chi connectivity index (χ1n) is 13.6. The summed E-state index contributed by atoms with van der Waals surface area (Å²) in [6.45, 7) is 6.80. The first-order chi connectivity index (χ1) is 19.9. The second kappa shape index (κ2) is 14.4. The van der Waals surface area contributed by atoms with E-state index in [1.54, 1.807) is 55.5 Å². The van der Waals surface area contributed by atoms with Crippen LogP contribution < -0.4 is 19.1 Å². The van der Waals surface area contributed by atoms with Crippen molar-refractivity contribution in [3.05, 3.63) is 82.9 Å². The molecule has 3 aromatic carbocycles. The molecule has 0 saturated heterocycles. The number of benzene rings is 3. The Bertz CT molecular complexity index is 1490. The van der Waals surface area contributed by atoms with Gasteiger partial charge in [-0.25, -0.2) is 8.42 Å². The Hall–Kier alpha value is -3.76. The Labute approximate surface area is 253 Å². The van der Waals surface area contributed by atoms with Crippen molar-refractivity contribution >= 4 is 39.1 Å². The van der Waals surface area contributed by atoms with Crippen LogP contribution in [0.5, 0.6) is 11.5 Å². The van der Waals surface area contributed by atoms with Gasteiger partial charge in [0.2, 0.25) is 11.8 Å². The fourth-order valence-electron chi connectivity index (χ4n) is 4.45. The first-order valence-corrected chi connectivity index (χ1v) is 15.4. The van der Waals surface area contributed by atoms with E-state index in [-0.39, 0.29) is 29.1 Å². The summed E-state index contributed by atoms with van der Waals surface area (Å²) in [6.07, 6.45) is 0.307. The number of sulfonamides is 1. The lowest BCUT2D eigenvalue weighted by Crippen LogP contribution is -2.53. The molecule has 0 radical (unpaired) electrons. The standard InChI is InChI=1S/C31H38ClN3O6S/c1-7-27(31(37)33-21(2)3)34(19-23-10-8-9-11-26(23)32)30(36)20-35(24-14-12-22(4)13-15-24)42(38,39)25-16-17-28(40-5)29(18-25)41-6/h8-18,21,27H,7,19-20H2,1-6H3,(H,33,37). The highest BCUT2D eigenvalue weighted by Crippen LogP contribution is 2.32. The fourth-order valence-corrected chi connectivity index (χ4v) is 6.08. The van der Waals surface area contributed by atoms with Crippen molar-refractivity contribution in [1.82, 2.24) is 10.2 Å². The number of nitrogens with zero attached hydrogens (tertiary/aromatic N) is 2. The van der Waals surface area contributed by atoms with Crippen LogP contribution in [0.2, 0.25) is 5.02 Å². The molecular formula is C31H38ClN3O6S. The number of rotatable bonds is 13. The van der Waals surface area contributed by atoms with Gasteiger partial charge in [0.25, 0.3) is 10.0 Å². The molecule has 0 heterocycles. The van der Waals surface area contributed by atoms with E-state index in [2.05, 4.69) is 5.32 Å². The molecule has 0 saturated carbocycles. The van der Waals surface area contributed by atoms with Crippen LogP contribution in [0, 0.1) is 6.92 Å². The molecule has 42 heavy (non-hydrogen) atoms. The van der Waals surface area contributed by atoms with E-state index in [4.69, 9.17) is 21.1 Å². The van der Waals surface area contributed by atoms with Crippen LogP contribution in [0.3, 0.4) is 0 Å². The highest BCUT2D eigenvalue weighted by atomic mass is 35.5. The minimum Gasteiger partial charge on any atom is -0.493 e. The molecule has 1 atom stereocenters. The molecule has 0 spiro atoms. The second-order valence-electron chi connectivity index (χ2n) is 10.1. The highest BCUT2D eigenvalue weighted by molar-refractivity contribution is 7.92. The van der Waals surface area contributed by atoms with Crippen molar-refractivity contribution in [3.63, 3.8) is 0 Å². The number of nitrogens with one attached hydrogen (secondary N) is 1. The zero-order valence-corrected chi connectivity index (χ0v) is 26.3. The summed E-state index contributed by atoms with van der Waals surface area (Å²) in [5.41, 5.74) is 1.85. The van der Waals surface area contributed by atoms with E-state index in [0.717, 1.165) is 9.87 Å². The molecule has 2 amide bonds. The predicted octanol–water partition coefficient (Wildman–Crippen LogP) is 5.19. The Kier molecular flexibility index (Phi) is 11.2. The smallest absolute Gasteiger partial charge is 0.264 e. The summed E-state index contributed by atoms with van der Waals surface area (Å²) in [6, 6.07) is 17.1. The van der Waals surface area contributed by atoms with Crippen molar-refractivity contribution in [2.24, 2.45) is 0 Å². The molecule has 1 N–H and O–H groups in total. The van der Waals surface area contributed by atoms with Crippen LogP contribution in [-0.4, -0.2) is 58.0 Å². The minimum atomic E-state index is -4.28. The third-order valence-corrected chi connectivity index (χ3v) is 8.80. The van der Waals surface area contributed by atoms with Crippen LogP contribution >= 0.6 is 11.6 Å². The topological polar surface area (TPSA) is 105 Å². The number of hydrogen-bond donors (Lipinski definition) is 1. The monoisotopic (exact) mass is 615 g/mol. The molecule has 0 aliphatic heterocycles. The number of carbonyl (C=O) groups is 2. The summed E-state index contributed by atoms with van der Waals surface area (Å²) in [7, 11) is -1.42. The van der Waals surface area contributed by atoms with Crippen LogP contribution in [0.4, 0.5) is 5.69 Å². The van der Waals surface area contributed by atoms with Gasteiger partial charge in [0.05, 0.1) is 24.8 Å². The van der Waals surface area contributed by atoms with E-state index in [0.29, 0.717) is 28.4 Å². The molecular weight excluding hydrogens is 578 g/mol. The first kappa shape index (κ1) is 32.8. The van der Waals surface area contributed by atoms with Gasteiger partial charge in [-0.05, 0) is 63.1 Å². The predicted molar refractivity (Wildman–Crippen MR) is 165 cm³/mol. The third kappa shape index (κ3) is 7.74. The third-order valence-electron chi connectivity index (χ3n) is 6.66. The molecule has 9 nitrogen and oxygen atoms in total. The van der Waals surface area contributed by atoms with Crippen molar-refractivity contribution in [2.45, 2.75) is 57.6 Å². The zero-order valence-electron chi connectivity index (χ0n) is 24.8. The SMILES string of the molecule is CCC(C(=O)NC(C)C)N(Cc1ccccc1Cl)C(=O)CN(c1ccc(C)cc1)S(=O)(=O)c1ccc(OC)c(OC)c1. The number of aryl methyl sites for hydroxylation is 1. The number of carbonyl (C=O) groups excluding carboxylic acids is 2. The number of hydrogen-bond acceptors (Lipinski definition) is 6. The van der Waals surface area contributed by atoms with Crippen LogP contribution in [0.15, 0.2) is 71.6 Å². The maximum atomic E-state index is 14.2. The molecule has 0 bridgehead atoms. The summed E-state index contributed by atoms with van der Waals surface area (Å²) in [4.78, 5) is 28.7. The lowest BCUT2D eigenvalue weighted by molar-refractivity contribution is -0.140. The van der Waals surface area contributed by atoms with E-state index >= 15 is 0 Å². The molecule has 0 aromatic heterocycles. The second-order valence-corrected chi connectivity index (χ2v) is 12.3. The van der Waals surface area contributed by atoms with Gasteiger partial charge in [-0.15, -0.1) is 0 Å². The lowest BCUT2D eigenvalue weighted by atomic mass is 10.1. The van der Waals surface area contributed by atoms with Crippen LogP contribution in [0.25, 0.3) is 0 Å². The molecule has 11 heteroatoms.